The van der Waals surface area contributed by atoms with Crippen LogP contribution in [0, 0.1) is 5.92 Å². The van der Waals surface area contributed by atoms with Crippen LogP contribution >= 0.6 is 11.6 Å². The molecule has 0 aromatic heterocycles. The first kappa shape index (κ1) is 11.6. The summed E-state index contributed by atoms with van der Waals surface area (Å²) in [6.45, 7) is 1.18. The van der Waals surface area contributed by atoms with E-state index in [-0.39, 0.29) is 0 Å². The molecule has 1 fully saturated rings. The summed E-state index contributed by atoms with van der Waals surface area (Å²) in [5.74, 6) is 1.99. The smallest absolute Gasteiger partial charge is 0.179 e. The minimum Gasteiger partial charge on any atom is -0.491 e. The van der Waals surface area contributed by atoms with Crippen LogP contribution in [0.4, 0.5) is 0 Å². The summed E-state index contributed by atoms with van der Waals surface area (Å²) < 4.78 is 10.9. The second-order valence-electron chi connectivity index (χ2n) is 4.07. The minimum absolute atomic E-state index is 0.448. The summed E-state index contributed by atoms with van der Waals surface area (Å²) in [6.07, 6.45) is 2.51. The second-order valence-corrected chi connectivity index (χ2v) is 4.47. The number of halogens is 1. The Labute approximate surface area is 100 Å². The summed E-state index contributed by atoms with van der Waals surface area (Å²) in [7, 11) is 1.59. The number of rotatable bonds is 5. The lowest BCUT2D eigenvalue weighted by Gasteiger charge is -2.13. The van der Waals surface area contributed by atoms with Crippen molar-refractivity contribution in [3.05, 3.63) is 22.7 Å². The maximum atomic E-state index is 6.08. The molecule has 3 nitrogen and oxygen atoms in total. The van der Waals surface area contributed by atoms with Crippen LogP contribution in [0.5, 0.6) is 11.5 Å². The molecule has 0 spiro atoms. The van der Waals surface area contributed by atoms with E-state index in [0.29, 0.717) is 29.0 Å². The Morgan fingerprint density at radius 2 is 2.19 bits per heavy atom. The molecule has 2 N–H and O–H groups in total. The van der Waals surface area contributed by atoms with Crippen LogP contribution in [-0.4, -0.2) is 13.7 Å². The van der Waals surface area contributed by atoms with Crippen molar-refractivity contribution in [1.29, 1.82) is 0 Å². The van der Waals surface area contributed by atoms with Gasteiger partial charge >= 0.3 is 0 Å². The minimum atomic E-state index is 0.448. The van der Waals surface area contributed by atoms with E-state index in [0.717, 1.165) is 12.2 Å². The molecule has 1 aromatic rings. The third kappa shape index (κ3) is 2.60. The van der Waals surface area contributed by atoms with Crippen molar-refractivity contribution in [2.45, 2.75) is 19.4 Å². The zero-order valence-corrected chi connectivity index (χ0v) is 10.1. The maximum absolute atomic E-state index is 6.08. The van der Waals surface area contributed by atoms with Gasteiger partial charge in [0, 0.05) is 6.54 Å². The molecule has 0 unspecified atom stereocenters. The van der Waals surface area contributed by atoms with Crippen molar-refractivity contribution in [2.75, 3.05) is 13.7 Å². The summed E-state index contributed by atoms with van der Waals surface area (Å²) >= 11 is 6.08. The van der Waals surface area contributed by atoms with Crippen molar-refractivity contribution in [2.24, 2.45) is 11.7 Å². The quantitative estimate of drug-likeness (QED) is 0.862. The van der Waals surface area contributed by atoms with Gasteiger partial charge < -0.3 is 15.2 Å². The van der Waals surface area contributed by atoms with Gasteiger partial charge in [0.15, 0.2) is 11.5 Å². The Bertz CT molecular complexity index is 378. The molecule has 88 valence electrons. The van der Waals surface area contributed by atoms with Crippen molar-refractivity contribution in [1.82, 2.24) is 0 Å². The van der Waals surface area contributed by atoms with Gasteiger partial charge in [0.2, 0.25) is 0 Å². The van der Waals surface area contributed by atoms with Crippen molar-refractivity contribution >= 4 is 11.6 Å². The van der Waals surface area contributed by atoms with E-state index in [9.17, 15) is 0 Å². The number of methoxy groups -OCH3 is 1. The molecular formula is C12H16ClNO2. The van der Waals surface area contributed by atoms with Crippen LogP contribution in [0.3, 0.4) is 0 Å². The number of hydrogen-bond acceptors (Lipinski definition) is 3. The van der Waals surface area contributed by atoms with Gasteiger partial charge in [-0.05, 0) is 36.5 Å². The molecule has 0 atom stereocenters. The van der Waals surface area contributed by atoms with Gasteiger partial charge in [-0.25, -0.2) is 0 Å². The van der Waals surface area contributed by atoms with Crippen molar-refractivity contribution < 1.29 is 9.47 Å². The van der Waals surface area contributed by atoms with Gasteiger partial charge in [-0.1, -0.05) is 11.6 Å². The normalized spacial score (nSPS) is 14.9. The van der Waals surface area contributed by atoms with E-state index in [4.69, 9.17) is 26.8 Å². The molecular weight excluding hydrogens is 226 g/mol. The van der Waals surface area contributed by atoms with Crippen molar-refractivity contribution in [3.8, 4) is 11.5 Å². The van der Waals surface area contributed by atoms with Gasteiger partial charge in [0.1, 0.15) is 0 Å². The molecule has 0 heterocycles. The van der Waals surface area contributed by atoms with Crippen LogP contribution in [0.15, 0.2) is 12.1 Å². The summed E-state index contributed by atoms with van der Waals surface area (Å²) in [5.41, 5.74) is 6.55. The number of hydrogen-bond donors (Lipinski definition) is 1. The first-order valence-corrected chi connectivity index (χ1v) is 5.81. The molecule has 2 rings (SSSR count). The van der Waals surface area contributed by atoms with Crippen LogP contribution < -0.4 is 15.2 Å². The van der Waals surface area contributed by atoms with E-state index < -0.39 is 0 Å². The average Bonchev–Trinajstić information content (AvgIpc) is 3.09. The zero-order chi connectivity index (χ0) is 11.5. The highest BCUT2D eigenvalue weighted by Gasteiger charge is 2.23. The third-order valence-corrected chi connectivity index (χ3v) is 2.96. The van der Waals surface area contributed by atoms with E-state index in [2.05, 4.69) is 0 Å². The van der Waals surface area contributed by atoms with E-state index in [1.54, 1.807) is 7.11 Å². The Balaban J connectivity index is 2.19. The SMILES string of the molecule is COc1c(Cl)cc(CN)cc1OCC1CC1. The number of ether oxygens (including phenoxy) is 2. The number of nitrogens with two attached hydrogens (primary N) is 1. The molecule has 0 amide bonds. The highest BCUT2D eigenvalue weighted by Crippen LogP contribution is 2.38. The van der Waals surface area contributed by atoms with Gasteiger partial charge in [0.05, 0.1) is 18.7 Å². The summed E-state index contributed by atoms with van der Waals surface area (Å²) in [4.78, 5) is 0. The predicted molar refractivity (Wildman–Crippen MR) is 64.1 cm³/mol. The topological polar surface area (TPSA) is 44.5 Å². The molecule has 16 heavy (non-hydrogen) atoms. The van der Waals surface area contributed by atoms with E-state index in [1.807, 2.05) is 12.1 Å². The molecule has 1 aliphatic carbocycles. The second kappa shape index (κ2) is 4.93. The fourth-order valence-electron chi connectivity index (χ4n) is 1.54. The summed E-state index contributed by atoms with van der Waals surface area (Å²) in [6, 6.07) is 3.71. The van der Waals surface area contributed by atoms with Crippen molar-refractivity contribution in [3.63, 3.8) is 0 Å². The molecule has 0 aliphatic heterocycles. The zero-order valence-electron chi connectivity index (χ0n) is 9.33. The van der Waals surface area contributed by atoms with Crippen LogP contribution in [0.2, 0.25) is 5.02 Å². The molecule has 4 heteroatoms. The lowest BCUT2D eigenvalue weighted by atomic mass is 10.2. The lowest BCUT2D eigenvalue weighted by molar-refractivity contribution is 0.280. The maximum Gasteiger partial charge on any atom is 0.179 e. The first-order valence-electron chi connectivity index (χ1n) is 5.44. The van der Waals surface area contributed by atoms with Gasteiger partial charge in [-0.15, -0.1) is 0 Å². The molecule has 1 aliphatic rings. The average molecular weight is 242 g/mol. The molecule has 1 aromatic carbocycles. The standard InChI is InChI=1S/C12H16ClNO2/c1-15-12-10(13)4-9(6-14)5-11(12)16-7-8-2-3-8/h4-5,8H,2-3,6-7,14H2,1H3. The third-order valence-electron chi connectivity index (χ3n) is 2.68. The largest absolute Gasteiger partial charge is 0.491 e. The monoisotopic (exact) mass is 241 g/mol. The van der Waals surface area contributed by atoms with Crippen LogP contribution in [-0.2, 0) is 6.54 Å². The van der Waals surface area contributed by atoms with E-state index >= 15 is 0 Å². The van der Waals surface area contributed by atoms with Crippen LogP contribution in [0.25, 0.3) is 0 Å². The fourth-order valence-corrected chi connectivity index (χ4v) is 1.85. The number of benzene rings is 1. The lowest BCUT2D eigenvalue weighted by Crippen LogP contribution is -2.03. The molecule has 0 bridgehead atoms. The van der Waals surface area contributed by atoms with E-state index in [1.165, 1.54) is 12.8 Å². The van der Waals surface area contributed by atoms with Gasteiger partial charge in [-0.2, -0.15) is 0 Å². The Morgan fingerprint density at radius 1 is 1.44 bits per heavy atom. The molecule has 0 saturated heterocycles. The fraction of sp³-hybridized carbons (Fsp3) is 0.500. The van der Waals surface area contributed by atoms with Gasteiger partial charge in [0.25, 0.3) is 0 Å². The highest BCUT2D eigenvalue weighted by molar-refractivity contribution is 6.32. The Kier molecular flexibility index (Phi) is 3.56. The summed E-state index contributed by atoms with van der Waals surface area (Å²) in [5, 5.41) is 0.552. The van der Waals surface area contributed by atoms with Crippen LogP contribution in [0.1, 0.15) is 18.4 Å². The Morgan fingerprint density at radius 3 is 2.75 bits per heavy atom. The highest BCUT2D eigenvalue weighted by atomic mass is 35.5. The predicted octanol–water partition coefficient (Wildman–Crippen LogP) is 2.60. The molecule has 1 saturated carbocycles. The molecule has 0 radical (unpaired) electrons. The van der Waals surface area contributed by atoms with Gasteiger partial charge in [-0.3, -0.25) is 0 Å². The Hall–Kier alpha value is -0.930. The first-order chi connectivity index (χ1) is 7.74.